The van der Waals surface area contributed by atoms with Crippen molar-refractivity contribution in [2.45, 2.75) is 53.2 Å². The highest BCUT2D eigenvalue weighted by Crippen LogP contribution is 2.34. The Labute approximate surface area is 106 Å². The summed E-state index contributed by atoms with van der Waals surface area (Å²) in [6, 6.07) is 0. The normalized spacial score (nSPS) is 23.2. The maximum absolute atomic E-state index is 6.01. The molecule has 0 radical (unpaired) electrons. The van der Waals surface area contributed by atoms with Gasteiger partial charge in [0.1, 0.15) is 0 Å². The predicted octanol–water partition coefficient (Wildman–Crippen LogP) is 3.07. The fourth-order valence-corrected chi connectivity index (χ4v) is 2.31. The van der Waals surface area contributed by atoms with E-state index in [1.807, 2.05) is 13.8 Å². The van der Waals surface area contributed by atoms with Gasteiger partial charge in [0.05, 0.1) is 12.4 Å². The van der Waals surface area contributed by atoms with Crippen molar-refractivity contribution in [3.05, 3.63) is 11.3 Å². The van der Waals surface area contributed by atoms with Gasteiger partial charge in [0, 0.05) is 25.9 Å². The topological polar surface area (TPSA) is 30.5 Å². The molecule has 0 atom stereocenters. The zero-order chi connectivity index (χ0) is 12.9. The Balaban J connectivity index is 0.000000686. The summed E-state index contributed by atoms with van der Waals surface area (Å²) < 4.78 is 11.9. The van der Waals surface area contributed by atoms with Gasteiger partial charge in [-0.2, -0.15) is 0 Å². The molecule has 0 bridgehead atoms. The maximum Gasteiger partial charge on any atom is 0.212 e. The number of hydrogen-bond acceptors (Lipinski definition) is 3. The second kappa shape index (κ2) is 6.41. The molecule has 1 N–H and O–H groups in total. The molecule has 0 aromatic carbocycles. The van der Waals surface area contributed by atoms with E-state index in [1.165, 1.54) is 5.57 Å². The van der Waals surface area contributed by atoms with Crippen LogP contribution in [0.2, 0.25) is 0 Å². The largest absolute Gasteiger partial charge is 0.467 e. The van der Waals surface area contributed by atoms with E-state index in [4.69, 9.17) is 9.47 Å². The number of ether oxygens (including phenoxy) is 2. The van der Waals surface area contributed by atoms with E-state index in [1.54, 1.807) is 0 Å². The molecule has 100 valence electrons. The van der Waals surface area contributed by atoms with Crippen molar-refractivity contribution >= 4 is 0 Å². The van der Waals surface area contributed by atoms with Crippen LogP contribution < -0.4 is 5.32 Å². The van der Waals surface area contributed by atoms with Gasteiger partial charge in [-0.05, 0) is 18.4 Å². The first-order chi connectivity index (χ1) is 8.13. The summed E-state index contributed by atoms with van der Waals surface area (Å²) in [7, 11) is 0. The van der Waals surface area contributed by atoms with Crippen molar-refractivity contribution in [1.29, 1.82) is 0 Å². The molecule has 2 aliphatic heterocycles. The van der Waals surface area contributed by atoms with Crippen LogP contribution in [0.5, 0.6) is 0 Å². The second-order valence-electron chi connectivity index (χ2n) is 4.79. The Morgan fingerprint density at radius 1 is 1.18 bits per heavy atom. The monoisotopic (exact) mass is 241 g/mol. The fraction of sp³-hybridized carbons (Fsp3) is 0.857. The molecule has 3 nitrogen and oxygen atoms in total. The molecule has 2 rings (SSSR count). The van der Waals surface area contributed by atoms with Crippen molar-refractivity contribution < 1.29 is 9.47 Å². The van der Waals surface area contributed by atoms with Gasteiger partial charge in [-0.15, -0.1) is 0 Å². The third kappa shape index (κ3) is 3.46. The lowest BCUT2D eigenvalue weighted by Crippen LogP contribution is -2.48. The van der Waals surface area contributed by atoms with Crippen molar-refractivity contribution in [3.63, 3.8) is 0 Å². The average molecular weight is 241 g/mol. The van der Waals surface area contributed by atoms with E-state index in [0.29, 0.717) is 5.92 Å². The third-order valence-electron chi connectivity index (χ3n) is 3.34. The summed E-state index contributed by atoms with van der Waals surface area (Å²) in [5, 5.41) is 3.33. The SMILES string of the molecule is CC.CC1=C(C(C)C)COC2(CCNCC2)O1. The van der Waals surface area contributed by atoms with E-state index < -0.39 is 0 Å². The Bertz CT molecular complexity index is 265. The summed E-state index contributed by atoms with van der Waals surface area (Å²) in [4.78, 5) is 0. The second-order valence-corrected chi connectivity index (χ2v) is 4.79. The molecule has 17 heavy (non-hydrogen) atoms. The van der Waals surface area contributed by atoms with Crippen LogP contribution >= 0.6 is 0 Å². The Morgan fingerprint density at radius 2 is 1.76 bits per heavy atom. The highest BCUT2D eigenvalue weighted by Gasteiger charge is 2.38. The zero-order valence-electron chi connectivity index (χ0n) is 11.9. The van der Waals surface area contributed by atoms with Gasteiger partial charge in [0.15, 0.2) is 0 Å². The highest BCUT2D eigenvalue weighted by molar-refractivity contribution is 5.13. The Kier molecular flexibility index (Phi) is 5.47. The molecule has 1 spiro atoms. The third-order valence-corrected chi connectivity index (χ3v) is 3.34. The van der Waals surface area contributed by atoms with Gasteiger partial charge in [-0.1, -0.05) is 27.7 Å². The Morgan fingerprint density at radius 3 is 2.24 bits per heavy atom. The molecule has 1 saturated heterocycles. The average Bonchev–Trinajstić information content (AvgIpc) is 2.32. The molecule has 1 fully saturated rings. The van der Waals surface area contributed by atoms with Crippen molar-refractivity contribution in [1.82, 2.24) is 5.32 Å². The molecule has 0 unspecified atom stereocenters. The van der Waals surface area contributed by atoms with E-state index in [9.17, 15) is 0 Å². The molecule has 2 heterocycles. The minimum Gasteiger partial charge on any atom is -0.467 e. The van der Waals surface area contributed by atoms with Gasteiger partial charge < -0.3 is 14.8 Å². The lowest BCUT2D eigenvalue weighted by atomic mass is 9.99. The standard InChI is InChI=1S/C12H21NO2.C2H6/c1-9(2)11-8-14-12(15-10(11)3)4-6-13-7-5-12;1-2/h9,13H,4-8H2,1-3H3;1-2H3. The van der Waals surface area contributed by atoms with E-state index >= 15 is 0 Å². The van der Waals surface area contributed by atoms with Crippen LogP contribution in [0.1, 0.15) is 47.5 Å². The number of rotatable bonds is 1. The molecule has 3 heteroatoms. The van der Waals surface area contributed by atoms with E-state index in [-0.39, 0.29) is 5.79 Å². The summed E-state index contributed by atoms with van der Waals surface area (Å²) in [5.41, 5.74) is 1.30. The molecule has 0 aliphatic carbocycles. The van der Waals surface area contributed by atoms with Crippen molar-refractivity contribution in [3.8, 4) is 0 Å². The molecule has 0 aromatic heterocycles. The molecule has 0 amide bonds. The van der Waals surface area contributed by atoms with Gasteiger partial charge in [0.2, 0.25) is 5.79 Å². The number of allylic oxidation sites excluding steroid dienone is 1. The highest BCUT2D eigenvalue weighted by atomic mass is 16.7. The van der Waals surface area contributed by atoms with Crippen LogP contribution in [-0.2, 0) is 9.47 Å². The number of nitrogens with one attached hydrogen (secondary N) is 1. The minimum atomic E-state index is -0.326. The van der Waals surface area contributed by atoms with Crippen LogP contribution in [-0.4, -0.2) is 25.5 Å². The van der Waals surface area contributed by atoms with Gasteiger partial charge in [0.25, 0.3) is 0 Å². The first-order valence-electron chi connectivity index (χ1n) is 6.86. The fourth-order valence-electron chi connectivity index (χ4n) is 2.31. The van der Waals surface area contributed by atoms with Crippen molar-refractivity contribution in [2.75, 3.05) is 19.7 Å². The predicted molar refractivity (Wildman–Crippen MR) is 70.8 cm³/mol. The lowest BCUT2D eigenvalue weighted by molar-refractivity contribution is -0.238. The van der Waals surface area contributed by atoms with Gasteiger partial charge >= 0.3 is 0 Å². The maximum atomic E-state index is 6.01. The van der Waals surface area contributed by atoms with Crippen LogP contribution in [0.3, 0.4) is 0 Å². The first-order valence-corrected chi connectivity index (χ1v) is 6.86. The Hall–Kier alpha value is -0.540. The van der Waals surface area contributed by atoms with Crippen LogP contribution in [0.4, 0.5) is 0 Å². The van der Waals surface area contributed by atoms with Gasteiger partial charge in [-0.3, -0.25) is 0 Å². The number of piperidine rings is 1. The molecular formula is C14H27NO2. The summed E-state index contributed by atoms with van der Waals surface area (Å²) in [6.07, 6.45) is 1.91. The molecule has 0 saturated carbocycles. The van der Waals surface area contributed by atoms with Crippen LogP contribution in [0, 0.1) is 5.92 Å². The van der Waals surface area contributed by atoms with E-state index in [2.05, 4.69) is 26.1 Å². The molecule has 0 aromatic rings. The zero-order valence-corrected chi connectivity index (χ0v) is 11.9. The molecular weight excluding hydrogens is 214 g/mol. The first kappa shape index (κ1) is 14.5. The lowest BCUT2D eigenvalue weighted by Gasteiger charge is -2.42. The summed E-state index contributed by atoms with van der Waals surface area (Å²) >= 11 is 0. The summed E-state index contributed by atoms with van der Waals surface area (Å²) in [6.45, 7) is 13.2. The quantitative estimate of drug-likeness (QED) is 0.765. The van der Waals surface area contributed by atoms with Crippen LogP contribution in [0.25, 0.3) is 0 Å². The van der Waals surface area contributed by atoms with E-state index in [0.717, 1.165) is 38.3 Å². The smallest absolute Gasteiger partial charge is 0.212 e. The minimum absolute atomic E-state index is 0.326. The van der Waals surface area contributed by atoms with Crippen molar-refractivity contribution in [2.24, 2.45) is 5.92 Å². The number of hydrogen-bond donors (Lipinski definition) is 1. The summed E-state index contributed by atoms with van der Waals surface area (Å²) in [5.74, 6) is 1.27. The van der Waals surface area contributed by atoms with Crippen LogP contribution in [0.15, 0.2) is 11.3 Å². The molecule has 2 aliphatic rings. The van der Waals surface area contributed by atoms with Gasteiger partial charge in [-0.25, -0.2) is 0 Å².